The standard InChI is InChI=1S/C13H15F5N2/c1-6-4-7(19)2-3-20(6)5-8-9(14)11(16)13(18)12(17)10(8)15/h6-7H,2-5,19H2,1H3. The van der Waals surface area contributed by atoms with E-state index in [4.69, 9.17) is 5.73 Å². The van der Waals surface area contributed by atoms with Crippen LogP contribution in [0, 0.1) is 29.1 Å². The molecule has 2 unspecified atom stereocenters. The number of likely N-dealkylation sites (tertiary alicyclic amines) is 1. The van der Waals surface area contributed by atoms with Crippen molar-refractivity contribution < 1.29 is 22.0 Å². The van der Waals surface area contributed by atoms with E-state index in [1.54, 1.807) is 4.90 Å². The van der Waals surface area contributed by atoms with Crippen molar-refractivity contribution >= 4 is 0 Å². The van der Waals surface area contributed by atoms with Crippen LogP contribution in [0.15, 0.2) is 0 Å². The van der Waals surface area contributed by atoms with Gasteiger partial charge in [-0.25, -0.2) is 22.0 Å². The lowest BCUT2D eigenvalue weighted by Crippen LogP contribution is -2.45. The average Bonchev–Trinajstić information content (AvgIpc) is 2.41. The summed E-state index contributed by atoms with van der Waals surface area (Å²) in [6.45, 7) is 1.95. The summed E-state index contributed by atoms with van der Waals surface area (Å²) in [5, 5.41) is 0. The fourth-order valence-electron chi connectivity index (χ4n) is 2.48. The van der Waals surface area contributed by atoms with E-state index in [0.717, 1.165) is 0 Å². The molecule has 2 atom stereocenters. The first-order valence-corrected chi connectivity index (χ1v) is 6.32. The zero-order chi connectivity index (χ0) is 15.0. The van der Waals surface area contributed by atoms with E-state index in [0.29, 0.717) is 19.4 Å². The normalized spacial score (nSPS) is 24.1. The Labute approximate surface area is 113 Å². The molecule has 112 valence electrons. The zero-order valence-corrected chi connectivity index (χ0v) is 10.9. The summed E-state index contributed by atoms with van der Waals surface area (Å²) in [6.07, 6.45) is 1.25. The largest absolute Gasteiger partial charge is 0.328 e. The third-order valence-corrected chi connectivity index (χ3v) is 3.72. The van der Waals surface area contributed by atoms with E-state index in [2.05, 4.69) is 0 Å². The van der Waals surface area contributed by atoms with Gasteiger partial charge in [0.05, 0.1) is 0 Å². The first-order valence-electron chi connectivity index (χ1n) is 6.32. The van der Waals surface area contributed by atoms with Crippen LogP contribution in [-0.2, 0) is 6.54 Å². The van der Waals surface area contributed by atoms with Gasteiger partial charge in [-0.2, -0.15) is 0 Å². The van der Waals surface area contributed by atoms with Gasteiger partial charge in [0.15, 0.2) is 23.3 Å². The molecule has 2 rings (SSSR count). The summed E-state index contributed by atoms with van der Waals surface area (Å²) < 4.78 is 66.4. The van der Waals surface area contributed by atoms with Crippen molar-refractivity contribution in [1.29, 1.82) is 0 Å². The molecule has 7 heteroatoms. The van der Waals surface area contributed by atoms with E-state index >= 15 is 0 Å². The number of rotatable bonds is 2. The number of nitrogens with two attached hydrogens (primary N) is 1. The van der Waals surface area contributed by atoms with Crippen molar-refractivity contribution in [3.05, 3.63) is 34.6 Å². The van der Waals surface area contributed by atoms with E-state index in [1.165, 1.54) is 0 Å². The molecule has 1 fully saturated rings. The molecule has 2 nitrogen and oxygen atoms in total. The van der Waals surface area contributed by atoms with Gasteiger partial charge in [-0.1, -0.05) is 0 Å². The van der Waals surface area contributed by atoms with Crippen LogP contribution in [0.25, 0.3) is 0 Å². The average molecular weight is 294 g/mol. The van der Waals surface area contributed by atoms with Crippen LogP contribution in [0.4, 0.5) is 22.0 Å². The van der Waals surface area contributed by atoms with Gasteiger partial charge in [-0.05, 0) is 19.8 Å². The Morgan fingerprint density at radius 3 is 2.00 bits per heavy atom. The Morgan fingerprint density at radius 2 is 1.50 bits per heavy atom. The van der Waals surface area contributed by atoms with Crippen molar-refractivity contribution in [2.45, 2.75) is 38.4 Å². The Hall–Kier alpha value is -1.21. The second kappa shape index (κ2) is 5.65. The highest BCUT2D eigenvalue weighted by atomic mass is 19.2. The van der Waals surface area contributed by atoms with E-state index in [-0.39, 0.29) is 18.6 Å². The van der Waals surface area contributed by atoms with Gasteiger partial charge >= 0.3 is 0 Å². The second-order valence-electron chi connectivity index (χ2n) is 5.15. The van der Waals surface area contributed by atoms with Gasteiger partial charge in [-0.3, -0.25) is 4.90 Å². The summed E-state index contributed by atoms with van der Waals surface area (Å²) in [5.74, 6) is -9.45. The molecule has 0 aromatic heterocycles. The lowest BCUT2D eigenvalue weighted by atomic mass is 9.98. The van der Waals surface area contributed by atoms with Crippen LogP contribution in [-0.4, -0.2) is 23.5 Å². The molecule has 0 spiro atoms. The number of nitrogens with zero attached hydrogens (tertiary/aromatic N) is 1. The van der Waals surface area contributed by atoms with Gasteiger partial charge in [0.1, 0.15) is 0 Å². The fraction of sp³-hybridized carbons (Fsp3) is 0.538. The topological polar surface area (TPSA) is 29.3 Å². The molecule has 0 radical (unpaired) electrons. The highest BCUT2D eigenvalue weighted by molar-refractivity contribution is 5.24. The van der Waals surface area contributed by atoms with Crippen LogP contribution < -0.4 is 5.73 Å². The Morgan fingerprint density at radius 1 is 1.00 bits per heavy atom. The molecule has 1 heterocycles. The van der Waals surface area contributed by atoms with E-state index < -0.39 is 34.6 Å². The minimum atomic E-state index is -2.13. The molecule has 0 amide bonds. The number of hydrogen-bond donors (Lipinski definition) is 1. The Kier molecular flexibility index (Phi) is 4.29. The lowest BCUT2D eigenvalue weighted by molar-refractivity contribution is 0.135. The monoisotopic (exact) mass is 294 g/mol. The molecule has 1 aromatic carbocycles. The first-order chi connectivity index (χ1) is 9.32. The van der Waals surface area contributed by atoms with E-state index in [9.17, 15) is 22.0 Å². The summed E-state index contributed by atoms with van der Waals surface area (Å²) in [4.78, 5) is 1.67. The van der Waals surface area contributed by atoms with Crippen molar-refractivity contribution in [2.75, 3.05) is 6.54 Å². The minimum Gasteiger partial charge on any atom is -0.328 e. The molecule has 0 aliphatic carbocycles. The van der Waals surface area contributed by atoms with Gasteiger partial charge in [-0.15, -0.1) is 0 Å². The lowest BCUT2D eigenvalue weighted by Gasteiger charge is -2.36. The molecule has 1 saturated heterocycles. The van der Waals surface area contributed by atoms with Crippen molar-refractivity contribution in [3.8, 4) is 0 Å². The number of benzene rings is 1. The zero-order valence-electron chi connectivity index (χ0n) is 10.9. The highest BCUT2D eigenvalue weighted by Gasteiger charge is 2.29. The number of hydrogen-bond acceptors (Lipinski definition) is 2. The maximum atomic E-state index is 13.6. The van der Waals surface area contributed by atoms with Crippen LogP contribution in [0.1, 0.15) is 25.3 Å². The summed E-state index contributed by atoms with van der Waals surface area (Å²) >= 11 is 0. The molecular weight excluding hydrogens is 279 g/mol. The maximum Gasteiger partial charge on any atom is 0.200 e. The van der Waals surface area contributed by atoms with Crippen molar-refractivity contribution in [3.63, 3.8) is 0 Å². The van der Waals surface area contributed by atoms with Gasteiger partial charge < -0.3 is 5.73 Å². The smallest absolute Gasteiger partial charge is 0.200 e. The Bertz CT molecular complexity index is 491. The number of piperidine rings is 1. The molecule has 1 aliphatic rings. The Balaban J connectivity index is 2.30. The molecule has 0 saturated carbocycles. The quantitative estimate of drug-likeness (QED) is 0.516. The summed E-state index contributed by atoms with van der Waals surface area (Å²) in [7, 11) is 0. The highest BCUT2D eigenvalue weighted by Crippen LogP contribution is 2.26. The molecule has 20 heavy (non-hydrogen) atoms. The van der Waals surface area contributed by atoms with Crippen molar-refractivity contribution in [2.24, 2.45) is 5.73 Å². The maximum absolute atomic E-state index is 13.6. The van der Waals surface area contributed by atoms with Crippen LogP contribution in [0.5, 0.6) is 0 Å². The van der Waals surface area contributed by atoms with Crippen LogP contribution >= 0.6 is 0 Å². The first kappa shape index (κ1) is 15.2. The molecule has 0 bridgehead atoms. The third kappa shape index (κ3) is 2.64. The SMILES string of the molecule is CC1CC(N)CCN1Cc1c(F)c(F)c(F)c(F)c1F. The number of halogens is 5. The van der Waals surface area contributed by atoms with Crippen molar-refractivity contribution in [1.82, 2.24) is 4.90 Å². The van der Waals surface area contributed by atoms with Crippen LogP contribution in [0.3, 0.4) is 0 Å². The third-order valence-electron chi connectivity index (χ3n) is 3.72. The molecule has 1 aromatic rings. The van der Waals surface area contributed by atoms with Crippen LogP contribution in [0.2, 0.25) is 0 Å². The minimum absolute atomic E-state index is 0.00219. The van der Waals surface area contributed by atoms with E-state index in [1.807, 2.05) is 6.92 Å². The van der Waals surface area contributed by atoms with Gasteiger partial charge in [0.25, 0.3) is 0 Å². The predicted octanol–water partition coefficient (Wildman–Crippen LogP) is 2.69. The second-order valence-corrected chi connectivity index (χ2v) is 5.15. The summed E-state index contributed by atoms with van der Waals surface area (Å²) in [5.41, 5.74) is 4.98. The fourth-order valence-corrected chi connectivity index (χ4v) is 2.48. The molecule has 1 aliphatic heterocycles. The van der Waals surface area contributed by atoms with Gasteiger partial charge in [0, 0.05) is 30.7 Å². The predicted molar refractivity (Wildman–Crippen MR) is 63.3 cm³/mol. The molecular formula is C13H15F5N2. The summed E-state index contributed by atoms with van der Waals surface area (Å²) in [6, 6.07) is -0.0774. The molecule has 2 N–H and O–H groups in total. The van der Waals surface area contributed by atoms with Gasteiger partial charge in [0.2, 0.25) is 5.82 Å².